The van der Waals surface area contributed by atoms with Crippen molar-refractivity contribution in [2.24, 2.45) is 11.7 Å². The number of aromatic nitrogens is 4. The number of alkyl halides is 3. The van der Waals surface area contributed by atoms with Gasteiger partial charge in [-0.15, -0.1) is 5.10 Å². The molecule has 0 bridgehead atoms. The first-order valence-electron chi connectivity index (χ1n) is 10.3. The van der Waals surface area contributed by atoms with Gasteiger partial charge in [0.1, 0.15) is 17.5 Å². The van der Waals surface area contributed by atoms with Gasteiger partial charge in [0.15, 0.2) is 17.2 Å². The lowest BCUT2D eigenvalue weighted by Gasteiger charge is -2.32. The largest absolute Gasteiger partial charge is 0.493 e. The topological polar surface area (TPSA) is 105 Å². The third kappa shape index (κ3) is 3.99. The Hall–Kier alpha value is -3.61. The van der Waals surface area contributed by atoms with Gasteiger partial charge in [-0.05, 0) is 25.1 Å². The van der Waals surface area contributed by atoms with Gasteiger partial charge in [-0.25, -0.2) is 9.07 Å². The molecule has 1 aliphatic rings. The lowest BCUT2D eigenvalue weighted by Crippen LogP contribution is -2.46. The van der Waals surface area contributed by atoms with Crippen molar-refractivity contribution >= 4 is 5.91 Å². The van der Waals surface area contributed by atoms with Crippen LogP contribution in [0.15, 0.2) is 36.7 Å². The molecule has 2 N–H and O–H groups in total. The van der Waals surface area contributed by atoms with E-state index in [0.29, 0.717) is 5.69 Å². The summed E-state index contributed by atoms with van der Waals surface area (Å²) in [6, 6.07) is 4.80. The summed E-state index contributed by atoms with van der Waals surface area (Å²) in [7, 11) is 1.09. The Morgan fingerprint density at radius 1 is 1.26 bits per heavy atom. The Bertz CT molecular complexity index is 1280. The van der Waals surface area contributed by atoms with E-state index >= 15 is 0 Å². The lowest BCUT2D eigenvalue weighted by atomic mass is 9.76. The Labute approximate surface area is 195 Å². The molecule has 1 amide bonds. The number of nitrogens with two attached hydrogens (primary N) is 1. The zero-order valence-corrected chi connectivity index (χ0v) is 18.7. The van der Waals surface area contributed by atoms with Crippen LogP contribution < -0.4 is 10.5 Å². The second-order valence-corrected chi connectivity index (χ2v) is 8.29. The first-order chi connectivity index (χ1) is 16.4. The molecule has 1 aliphatic heterocycles. The van der Waals surface area contributed by atoms with Crippen LogP contribution in [0.5, 0.6) is 5.75 Å². The Balaban J connectivity index is 1.83. The molecule has 0 radical (unpaired) electrons. The van der Waals surface area contributed by atoms with Crippen molar-refractivity contribution in [2.75, 3.05) is 7.11 Å². The van der Waals surface area contributed by atoms with Crippen LogP contribution in [0.1, 0.15) is 47.6 Å². The molecule has 4 atom stereocenters. The van der Waals surface area contributed by atoms with Gasteiger partial charge in [-0.1, -0.05) is 18.2 Å². The smallest absolute Gasteiger partial charge is 0.417 e. The van der Waals surface area contributed by atoms with E-state index in [4.69, 9.17) is 15.2 Å². The third-order valence-electron chi connectivity index (χ3n) is 6.38. The molecule has 0 aliphatic carbocycles. The number of hydrogen-bond acceptors (Lipinski definition) is 6. The maximum atomic E-state index is 14.5. The number of pyridine rings is 1. The van der Waals surface area contributed by atoms with Gasteiger partial charge in [-0.2, -0.15) is 17.6 Å². The summed E-state index contributed by atoms with van der Waals surface area (Å²) in [5.74, 6) is -6.22. The summed E-state index contributed by atoms with van der Waals surface area (Å²) >= 11 is 0. The van der Waals surface area contributed by atoms with Gasteiger partial charge in [-0.3, -0.25) is 9.78 Å². The molecule has 1 saturated heterocycles. The third-order valence-corrected chi connectivity index (χ3v) is 6.38. The van der Waals surface area contributed by atoms with Crippen molar-refractivity contribution in [3.05, 3.63) is 65.2 Å². The predicted octanol–water partition coefficient (Wildman–Crippen LogP) is 3.86. The minimum absolute atomic E-state index is 0.000881. The molecule has 3 aromatic rings. The number of amides is 1. The zero-order valence-electron chi connectivity index (χ0n) is 18.7. The average molecular weight is 497 g/mol. The number of ether oxygens (including phenoxy) is 2. The van der Waals surface area contributed by atoms with Gasteiger partial charge in [0.25, 0.3) is 5.91 Å². The number of nitrogens with zero attached hydrogens (tertiary/aromatic N) is 4. The molecule has 0 saturated carbocycles. The number of hydrogen-bond donors (Lipinski definition) is 1. The van der Waals surface area contributed by atoms with Crippen molar-refractivity contribution in [1.29, 1.82) is 0 Å². The number of rotatable bonds is 5. The molecule has 186 valence electrons. The van der Waals surface area contributed by atoms with Crippen LogP contribution in [0.4, 0.5) is 22.0 Å². The van der Waals surface area contributed by atoms with E-state index in [2.05, 4.69) is 15.3 Å². The number of carbonyl (C=O) groups is 1. The van der Waals surface area contributed by atoms with E-state index in [-0.39, 0.29) is 17.0 Å². The van der Waals surface area contributed by atoms with Crippen molar-refractivity contribution in [2.45, 2.75) is 37.6 Å². The first-order valence-corrected chi connectivity index (χ1v) is 10.3. The Kier molecular flexibility index (Phi) is 5.99. The van der Waals surface area contributed by atoms with E-state index in [0.717, 1.165) is 20.1 Å². The summed E-state index contributed by atoms with van der Waals surface area (Å²) in [5.41, 5.74) is 2.85. The van der Waals surface area contributed by atoms with Crippen molar-refractivity contribution in [3.63, 3.8) is 0 Å². The standard InChI is InChI=1S/C22H20F5N5O3/c1-10-16(12-4-5-13(23)17(24)18(12)34-3)19(35-21(10,2)22(25,26)27)15-9-32(31-30-15)11-6-7-29-14(8-11)20(28)33/h4-10,16,19H,1-3H3,(H2,28,33)/t10-,16-,19-,21+/m0/s1. The normalized spacial score (nSPS) is 24.5. The number of benzene rings is 1. The number of primary amides is 1. The molecule has 1 fully saturated rings. The summed E-state index contributed by atoms with van der Waals surface area (Å²) in [6.45, 7) is 2.20. The maximum absolute atomic E-state index is 14.5. The van der Waals surface area contributed by atoms with Crippen LogP contribution in [0, 0.1) is 17.6 Å². The molecule has 3 heterocycles. The van der Waals surface area contributed by atoms with Crippen molar-refractivity contribution in [1.82, 2.24) is 20.0 Å². The van der Waals surface area contributed by atoms with Gasteiger partial charge >= 0.3 is 6.18 Å². The van der Waals surface area contributed by atoms with Gasteiger partial charge in [0.2, 0.25) is 5.82 Å². The van der Waals surface area contributed by atoms with Gasteiger partial charge in [0.05, 0.1) is 19.0 Å². The molecule has 13 heteroatoms. The fourth-order valence-corrected chi connectivity index (χ4v) is 4.30. The second-order valence-electron chi connectivity index (χ2n) is 8.29. The van der Waals surface area contributed by atoms with Gasteiger partial charge in [0, 0.05) is 23.6 Å². The van der Waals surface area contributed by atoms with Crippen LogP contribution in [0.3, 0.4) is 0 Å². The predicted molar refractivity (Wildman–Crippen MR) is 111 cm³/mol. The van der Waals surface area contributed by atoms with E-state index in [1.54, 1.807) is 0 Å². The molecular weight excluding hydrogens is 477 g/mol. The van der Waals surface area contributed by atoms with E-state index in [1.807, 2.05) is 0 Å². The van der Waals surface area contributed by atoms with Crippen LogP contribution in [0.2, 0.25) is 0 Å². The molecule has 8 nitrogen and oxygen atoms in total. The molecule has 4 rings (SSSR count). The minimum Gasteiger partial charge on any atom is -0.493 e. The number of methoxy groups -OCH3 is 1. The van der Waals surface area contributed by atoms with Crippen LogP contribution in [-0.4, -0.2) is 44.8 Å². The molecule has 2 aromatic heterocycles. The number of halogens is 5. The van der Waals surface area contributed by atoms with Gasteiger partial charge < -0.3 is 15.2 Å². The minimum atomic E-state index is -4.79. The first kappa shape index (κ1) is 24.5. The highest BCUT2D eigenvalue weighted by Gasteiger charge is 2.65. The monoisotopic (exact) mass is 497 g/mol. The highest BCUT2D eigenvalue weighted by molar-refractivity contribution is 5.91. The second kappa shape index (κ2) is 8.56. The van der Waals surface area contributed by atoms with E-state index < -0.39 is 53.0 Å². The van der Waals surface area contributed by atoms with E-state index in [1.165, 1.54) is 42.2 Å². The fraction of sp³-hybridized carbons (Fsp3) is 0.364. The molecule has 0 spiro atoms. The summed E-state index contributed by atoms with van der Waals surface area (Å²) < 4.78 is 82.4. The van der Waals surface area contributed by atoms with Crippen LogP contribution >= 0.6 is 0 Å². The van der Waals surface area contributed by atoms with Crippen molar-refractivity contribution < 1.29 is 36.2 Å². The SMILES string of the molecule is COc1c([C@H]2[C@H](c3cn(-c4ccnc(C(N)=O)c4)nn3)O[C@@](C)(C(F)(F)F)[C@H]2C)ccc(F)c1F. The maximum Gasteiger partial charge on any atom is 0.417 e. The lowest BCUT2D eigenvalue weighted by molar-refractivity contribution is -0.275. The van der Waals surface area contributed by atoms with Crippen molar-refractivity contribution in [3.8, 4) is 11.4 Å². The van der Waals surface area contributed by atoms with E-state index in [9.17, 15) is 26.7 Å². The number of carbonyl (C=O) groups excluding carboxylic acids is 1. The summed E-state index contributed by atoms with van der Waals surface area (Å²) in [6.07, 6.45) is -3.51. The summed E-state index contributed by atoms with van der Waals surface area (Å²) in [5, 5.41) is 7.91. The highest BCUT2D eigenvalue weighted by Crippen LogP contribution is 2.59. The Morgan fingerprint density at radius 2 is 1.97 bits per heavy atom. The quantitative estimate of drug-likeness (QED) is 0.537. The summed E-state index contributed by atoms with van der Waals surface area (Å²) in [4.78, 5) is 15.3. The van der Waals surface area contributed by atoms with Crippen LogP contribution in [0.25, 0.3) is 5.69 Å². The van der Waals surface area contributed by atoms with Crippen LogP contribution in [-0.2, 0) is 4.74 Å². The zero-order chi connectivity index (χ0) is 25.7. The molecule has 35 heavy (non-hydrogen) atoms. The molecular formula is C22H20F5N5O3. The average Bonchev–Trinajstić information content (AvgIpc) is 3.39. The molecule has 0 unspecified atom stereocenters. The molecule has 1 aromatic carbocycles. The Morgan fingerprint density at radius 3 is 2.60 bits per heavy atom. The fourth-order valence-electron chi connectivity index (χ4n) is 4.30. The highest BCUT2D eigenvalue weighted by atomic mass is 19.4.